The summed E-state index contributed by atoms with van der Waals surface area (Å²) in [7, 11) is 0. The first-order valence-corrected chi connectivity index (χ1v) is 7.72. The van der Waals surface area contributed by atoms with Gasteiger partial charge in [-0.3, -0.25) is 4.90 Å². The van der Waals surface area contributed by atoms with Crippen molar-refractivity contribution in [1.82, 2.24) is 15.1 Å². The summed E-state index contributed by atoms with van der Waals surface area (Å²) in [6.07, 6.45) is 3.90. The summed E-state index contributed by atoms with van der Waals surface area (Å²) in [6, 6.07) is 0. The molecule has 1 fully saturated rings. The van der Waals surface area contributed by atoms with Gasteiger partial charge in [0.15, 0.2) is 0 Å². The van der Waals surface area contributed by atoms with E-state index in [4.69, 9.17) is 0 Å². The lowest BCUT2D eigenvalue weighted by atomic mass is 10.0. The molecule has 3 nitrogen and oxygen atoms in total. The molecule has 0 saturated carbocycles. The molecule has 3 heteroatoms. The van der Waals surface area contributed by atoms with E-state index in [0.717, 1.165) is 0 Å². The SMILES string of the molecule is CCCNCCCCN1CCN(C(C)(C)C)CC1. The minimum absolute atomic E-state index is 0.343. The van der Waals surface area contributed by atoms with Gasteiger partial charge in [0, 0.05) is 31.7 Å². The Bertz CT molecular complexity index is 202. The van der Waals surface area contributed by atoms with E-state index in [9.17, 15) is 0 Å². The van der Waals surface area contributed by atoms with Gasteiger partial charge in [-0.05, 0) is 59.7 Å². The van der Waals surface area contributed by atoms with Gasteiger partial charge in [-0.25, -0.2) is 0 Å². The first kappa shape index (κ1) is 15.9. The molecule has 0 aliphatic carbocycles. The fraction of sp³-hybridized carbons (Fsp3) is 1.00. The van der Waals surface area contributed by atoms with Crippen molar-refractivity contribution in [2.75, 3.05) is 45.8 Å². The lowest BCUT2D eigenvalue weighted by molar-refractivity contribution is 0.0617. The topological polar surface area (TPSA) is 18.5 Å². The van der Waals surface area contributed by atoms with E-state index in [0.29, 0.717) is 5.54 Å². The Kier molecular flexibility index (Phi) is 7.20. The summed E-state index contributed by atoms with van der Waals surface area (Å²) in [6.45, 7) is 17.8. The zero-order valence-electron chi connectivity index (χ0n) is 13.0. The molecule has 1 rings (SSSR count). The van der Waals surface area contributed by atoms with Crippen molar-refractivity contribution in [2.45, 2.75) is 52.5 Å². The number of piperazine rings is 1. The summed E-state index contributed by atoms with van der Waals surface area (Å²) >= 11 is 0. The summed E-state index contributed by atoms with van der Waals surface area (Å²) in [5, 5.41) is 3.47. The Hall–Kier alpha value is -0.120. The van der Waals surface area contributed by atoms with E-state index in [-0.39, 0.29) is 0 Å². The van der Waals surface area contributed by atoms with Crippen LogP contribution >= 0.6 is 0 Å². The number of hydrogen-bond acceptors (Lipinski definition) is 3. The Balaban J connectivity index is 2.02. The molecule has 1 aliphatic heterocycles. The lowest BCUT2D eigenvalue weighted by Crippen LogP contribution is -2.53. The molecule has 0 spiro atoms. The first-order chi connectivity index (χ1) is 8.54. The van der Waals surface area contributed by atoms with E-state index in [1.54, 1.807) is 0 Å². The van der Waals surface area contributed by atoms with Crippen LogP contribution in [-0.4, -0.2) is 61.2 Å². The van der Waals surface area contributed by atoms with E-state index >= 15 is 0 Å². The molecule has 0 aromatic rings. The number of nitrogens with one attached hydrogen (secondary N) is 1. The standard InChI is InChI=1S/C15H33N3/c1-5-8-16-9-6-7-10-17-11-13-18(14-12-17)15(2,3)4/h16H,5-14H2,1-4H3. The van der Waals surface area contributed by atoms with Crippen molar-refractivity contribution in [2.24, 2.45) is 0 Å². The number of nitrogens with zero attached hydrogens (tertiary/aromatic N) is 2. The highest BCUT2D eigenvalue weighted by molar-refractivity contribution is 4.81. The van der Waals surface area contributed by atoms with Crippen molar-refractivity contribution >= 4 is 0 Å². The van der Waals surface area contributed by atoms with Gasteiger partial charge >= 0.3 is 0 Å². The Labute approximate surface area is 114 Å². The van der Waals surface area contributed by atoms with Crippen molar-refractivity contribution in [3.05, 3.63) is 0 Å². The van der Waals surface area contributed by atoms with Gasteiger partial charge in [0.25, 0.3) is 0 Å². The molecule has 108 valence electrons. The smallest absolute Gasteiger partial charge is 0.0126 e. The van der Waals surface area contributed by atoms with E-state index in [1.165, 1.54) is 65.1 Å². The number of hydrogen-bond donors (Lipinski definition) is 1. The molecule has 1 heterocycles. The molecule has 0 aromatic carbocycles. The predicted octanol–water partition coefficient (Wildman–Crippen LogP) is 2.18. The summed E-state index contributed by atoms with van der Waals surface area (Å²) < 4.78 is 0. The molecule has 1 aliphatic rings. The van der Waals surface area contributed by atoms with Crippen LogP contribution in [0.5, 0.6) is 0 Å². The van der Waals surface area contributed by atoms with Gasteiger partial charge in [-0.15, -0.1) is 0 Å². The van der Waals surface area contributed by atoms with Crippen molar-refractivity contribution in [3.8, 4) is 0 Å². The van der Waals surface area contributed by atoms with Gasteiger partial charge in [-0.1, -0.05) is 6.92 Å². The third-order valence-electron chi connectivity index (χ3n) is 3.83. The highest BCUT2D eigenvalue weighted by Crippen LogP contribution is 2.15. The zero-order valence-corrected chi connectivity index (χ0v) is 13.0. The molecule has 18 heavy (non-hydrogen) atoms. The average molecular weight is 255 g/mol. The van der Waals surface area contributed by atoms with E-state index in [1.807, 2.05) is 0 Å². The van der Waals surface area contributed by atoms with Crippen LogP contribution in [0.25, 0.3) is 0 Å². The van der Waals surface area contributed by atoms with Crippen LogP contribution in [0.2, 0.25) is 0 Å². The second kappa shape index (κ2) is 8.13. The highest BCUT2D eigenvalue weighted by atomic mass is 15.3. The average Bonchev–Trinajstić information content (AvgIpc) is 2.33. The van der Waals surface area contributed by atoms with Crippen LogP contribution in [0.15, 0.2) is 0 Å². The molecule has 1 N–H and O–H groups in total. The fourth-order valence-corrected chi connectivity index (χ4v) is 2.53. The fourth-order valence-electron chi connectivity index (χ4n) is 2.53. The lowest BCUT2D eigenvalue weighted by Gasteiger charge is -2.42. The molecule has 0 amide bonds. The molecule has 0 radical (unpaired) electrons. The zero-order chi connectivity index (χ0) is 13.4. The number of unbranched alkanes of at least 4 members (excludes halogenated alkanes) is 1. The first-order valence-electron chi connectivity index (χ1n) is 7.72. The van der Waals surface area contributed by atoms with Gasteiger partial charge in [-0.2, -0.15) is 0 Å². The minimum atomic E-state index is 0.343. The maximum atomic E-state index is 3.47. The molecule has 0 atom stereocenters. The van der Waals surface area contributed by atoms with Crippen LogP contribution < -0.4 is 5.32 Å². The largest absolute Gasteiger partial charge is 0.317 e. The van der Waals surface area contributed by atoms with Gasteiger partial charge in [0.1, 0.15) is 0 Å². The van der Waals surface area contributed by atoms with Crippen LogP contribution in [0.4, 0.5) is 0 Å². The van der Waals surface area contributed by atoms with Crippen LogP contribution in [0.1, 0.15) is 47.0 Å². The Morgan fingerprint density at radius 2 is 1.61 bits per heavy atom. The molecular formula is C15H33N3. The molecular weight excluding hydrogens is 222 g/mol. The van der Waals surface area contributed by atoms with Crippen LogP contribution in [-0.2, 0) is 0 Å². The predicted molar refractivity (Wildman–Crippen MR) is 80.2 cm³/mol. The van der Waals surface area contributed by atoms with Crippen molar-refractivity contribution in [1.29, 1.82) is 0 Å². The number of rotatable bonds is 7. The van der Waals surface area contributed by atoms with E-state index in [2.05, 4.69) is 42.8 Å². The third kappa shape index (κ3) is 6.17. The quantitative estimate of drug-likeness (QED) is 0.704. The van der Waals surface area contributed by atoms with Gasteiger partial charge in [0.05, 0.1) is 0 Å². The summed E-state index contributed by atoms with van der Waals surface area (Å²) in [4.78, 5) is 5.23. The monoisotopic (exact) mass is 255 g/mol. The summed E-state index contributed by atoms with van der Waals surface area (Å²) in [5.74, 6) is 0. The van der Waals surface area contributed by atoms with Crippen LogP contribution in [0.3, 0.4) is 0 Å². The van der Waals surface area contributed by atoms with Crippen molar-refractivity contribution in [3.63, 3.8) is 0 Å². The maximum absolute atomic E-state index is 3.47. The normalized spacial score (nSPS) is 19.3. The Morgan fingerprint density at radius 3 is 2.17 bits per heavy atom. The van der Waals surface area contributed by atoms with E-state index < -0.39 is 0 Å². The second-order valence-electron chi connectivity index (χ2n) is 6.46. The third-order valence-corrected chi connectivity index (χ3v) is 3.83. The highest BCUT2D eigenvalue weighted by Gasteiger charge is 2.25. The van der Waals surface area contributed by atoms with Crippen LogP contribution in [0, 0.1) is 0 Å². The molecule has 0 aromatic heterocycles. The minimum Gasteiger partial charge on any atom is -0.317 e. The van der Waals surface area contributed by atoms with Gasteiger partial charge < -0.3 is 10.2 Å². The molecule has 1 saturated heterocycles. The molecule has 0 unspecified atom stereocenters. The van der Waals surface area contributed by atoms with Crippen molar-refractivity contribution < 1.29 is 0 Å². The molecule has 0 bridgehead atoms. The maximum Gasteiger partial charge on any atom is 0.0126 e. The van der Waals surface area contributed by atoms with Gasteiger partial charge in [0.2, 0.25) is 0 Å². The summed E-state index contributed by atoms with van der Waals surface area (Å²) in [5.41, 5.74) is 0.343. The Morgan fingerprint density at radius 1 is 0.944 bits per heavy atom. The second-order valence-corrected chi connectivity index (χ2v) is 6.46.